The zero-order valence-corrected chi connectivity index (χ0v) is 17.7. The number of sulfonamides is 1. The minimum atomic E-state index is -3.75. The van der Waals surface area contributed by atoms with E-state index in [9.17, 15) is 13.2 Å². The molecule has 0 spiro atoms. The molecule has 0 aliphatic carbocycles. The molecule has 1 heterocycles. The van der Waals surface area contributed by atoms with Gasteiger partial charge in [-0.25, -0.2) is 8.42 Å². The molecule has 1 amide bonds. The number of benzene rings is 2. The molecule has 3 rings (SSSR count). The Balaban J connectivity index is 1.80. The summed E-state index contributed by atoms with van der Waals surface area (Å²) in [5, 5.41) is 3.44. The highest BCUT2D eigenvalue weighted by molar-refractivity contribution is 7.89. The van der Waals surface area contributed by atoms with Gasteiger partial charge in [-0.2, -0.15) is 4.31 Å². The van der Waals surface area contributed by atoms with E-state index in [2.05, 4.69) is 5.32 Å². The highest BCUT2D eigenvalue weighted by atomic mass is 35.5. The summed E-state index contributed by atoms with van der Waals surface area (Å²) in [7, 11) is -3.75. The summed E-state index contributed by atoms with van der Waals surface area (Å²) < 4.78 is 27.6. The van der Waals surface area contributed by atoms with E-state index in [1.807, 2.05) is 18.2 Å². The molecule has 1 saturated heterocycles. The molecule has 0 aromatic heterocycles. The van der Waals surface area contributed by atoms with Crippen molar-refractivity contribution in [3.63, 3.8) is 0 Å². The summed E-state index contributed by atoms with van der Waals surface area (Å²) in [6, 6.07) is 11.5. The number of carbonyl (C=O) groups is 1. The van der Waals surface area contributed by atoms with E-state index >= 15 is 0 Å². The standard InChI is InChI=1S/C20H22Cl2N2O3S/c21-17-8-4-3-7-16(17)14-23-20(25)15-9-10-18(22)19(13-15)28(26,27)24-11-5-1-2-6-12-24/h3-4,7-10,13H,1-2,5-6,11-12,14H2,(H,23,25). The molecule has 0 unspecified atom stereocenters. The monoisotopic (exact) mass is 440 g/mol. The third-order valence-corrected chi connectivity index (χ3v) is 7.52. The largest absolute Gasteiger partial charge is 0.348 e. The van der Waals surface area contributed by atoms with E-state index in [4.69, 9.17) is 23.2 Å². The lowest BCUT2D eigenvalue weighted by molar-refractivity contribution is 0.0950. The van der Waals surface area contributed by atoms with Crippen molar-refractivity contribution in [3.8, 4) is 0 Å². The average Bonchev–Trinajstić information content (AvgIpc) is 2.97. The highest BCUT2D eigenvalue weighted by Gasteiger charge is 2.28. The van der Waals surface area contributed by atoms with Crippen LogP contribution in [0.3, 0.4) is 0 Å². The number of nitrogens with one attached hydrogen (secondary N) is 1. The second-order valence-corrected chi connectivity index (χ2v) is 9.46. The maximum atomic E-state index is 13.1. The Hall–Kier alpha value is -1.60. The maximum absolute atomic E-state index is 13.1. The van der Waals surface area contributed by atoms with Gasteiger partial charge in [0.15, 0.2) is 0 Å². The minimum absolute atomic E-state index is 0.0264. The normalized spacial score (nSPS) is 15.8. The van der Waals surface area contributed by atoms with Gasteiger partial charge in [-0.1, -0.05) is 54.2 Å². The maximum Gasteiger partial charge on any atom is 0.251 e. The van der Waals surface area contributed by atoms with E-state index in [1.54, 1.807) is 6.07 Å². The van der Waals surface area contributed by atoms with Crippen LogP contribution in [-0.4, -0.2) is 31.7 Å². The van der Waals surface area contributed by atoms with Crippen molar-refractivity contribution < 1.29 is 13.2 Å². The number of hydrogen-bond acceptors (Lipinski definition) is 3. The third-order valence-electron chi connectivity index (χ3n) is 4.77. The summed E-state index contributed by atoms with van der Waals surface area (Å²) in [5.41, 5.74) is 1.02. The fourth-order valence-corrected chi connectivity index (χ4v) is 5.40. The van der Waals surface area contributed by atoms with Gasteiger partial charge in [0.05, 0.1) is 5.02 Å². The molecule has 150 valence electrons. The number of nitrogens with zero attached hydrogens (tertiary/aromatic N) is 1. The highest BCUT2D eigenvalue weighted by Crippen LogP contribution is 2.27. The summed E-state index contributed by atoms with van der Waals surface area (Å²) in [6.45, 7) is 1.19. The summed E-state index contributed by atoms with van der Waals surface area (Å²) in [4.78, 5) is 12.5. The molecule has 0 saturated carbocycles. The van der Waals surface area contributed by atoms with Gasteiger partial charge in [0.1, 0.15) is 4.90 Å². The van der Waals surface area contributed by atoms with Crippen LogP contribution in [0.1, 0.15) is 41.6 Å². The van der Waals surface area contributed by atoms with Gasteiger partial charge < -0.3 is 5.32 Å². The number of carbonyl (C=O) groups excluding carboxylic acids is 1. The Labute approximate surface area is 175 Å². The predicted molar refractivity (Wildman–Crippen MR) is 111 cm³/mol. The molecule has 1 aliphatic rings. The van der Waals surface area contributed by atoms with Gasteiger partial charge in [-0.05, 0) is 42.7 Å². The van der Waals surface area contributed by atoms with Gasteiger partial charge >= 0.3 is 0 Å². The van der Waals surface area contributed by atoms with Crippen LogP contribution in [0.15, 0.2) is 47.4 Å². The summed E-state index contributed by atoms with van der Waals surface area (Å²) in [6.07, 6.45) is 3.69. The van der Waals surface area contributed by atoms with E-state index in [0.29, 0.717) is 18.1 Å². The molecular formula is C20H22Cl2N2O3S. The van der Waals surface area contributed by atoms with Crippen LogP contribution in [-0.2, 0) is 16.6 Å². The topological polar surface area (TPSA) is 66.5 Å². The first-order valence-electron chi connectivity index (χ1n) is 9.21. The van der Waals surface area contributed by atoms with E-state index < -0.39 is 10.0 Å². The fraction of sp³-hybridized carbons (Fsp3) is 0.350. The molecule has 28 heavy (non-hydrogen) atoms. The van der Waals surface area contributed by atoms with Crippen molar-refractivity contribution in [3.05, 3.63) is 63.6 Å². The van der Waals surface area contributed by atoms with Crippen molar-refractivity contribution >= 4 is 39.1 Å². The van der Waals surface area contributed by atoms with E-state index in [0.717, 1.165) is 31.2 Å². The fourth-order valence-electron chi connectivity index (χ4n) is 3.18. The molecule has 1 fully saturated rings. The third kappa shape index (κ3) is 4.87. The van der Waals surface area contributed by atoms with Gasteiger partial charge in [0.25, 0.3) is 5.91 Å². The first-order valence-corrected chi connectivity index (χ1v) is 11.4. The van der Waals surface area contributed by atoms with Crippen LogP contribution in [0, 0.1) is 0 Å². The predicted octanol–water partition coefficient (Wildman–Crippen LogP) is 4.49. The zero-order chi connectivity index (χ0) is 20.1. The van der Waals surface area contributed by atoms with Crippen molar-refractivity contribution in [2.75, 3.05) is 13.1 Å². The molecule has 1 aliphatic heterocycles. The van der Waals surface area contributed by atoms with E-state index in [-0.39, 0.29) is 27.9 Å². The Morgan fingerprint density at radius 1 is 0.964 bits per heavy atom. The lowest BCUT2D eigenvalue weighted by Gasteiger charge is -2.21. The number of halogens is 2. The van der Waals surface area contributed by atoms with Crippen LogP contribution >= 0.6 is 23.2 Å². The Morgan fingerprint density at radius 3 is 2.32 bits per heavy atom. The SMILES string of the molecule is O=C(NCc1ccccc1Cl)c1ccc(Cl)c(S(=O)(=O)N2CCCCCC2)c1. The quantitative estimate of drug-likeness (QED) is 0.744. The minimum Gasteiger partial charge on any atom is -0.348 e. The Kier molecular flexibility index (Phi) is 6.99. The smallest absolute Gasteiger partial charge is 0.251 e. The van der Waals surface area contributed by atoms with Crippen LogP contribution in [0.4, 0.5) is 0 Å². The number of hydrogen-bond donors (Lipinski definition) is 1. The van der Waals surface area contributed by atoms with Crippen LogP contribution in [0.25, 0.3) is 0 Å². The molecule has 0 radical (unpaired) electrons. The Bertz CT molecular complexity index is 956. The Morgan fingerprint density at radius 2 is 1.64 bits per heavy atom. The van der Waals surface area contributed by atoms with Gasteiger partial charge in [0, 0.05) is 30.2 Å². The summed E-state index contributed by atoms with van der Waals surface area (Å²) >= 11 is 12.3. The van der Waals surface area contributed by atoms with Crippen molar-refractivity contribution in [2.45, 2.75) is 37.1 Å². The van der Waals surface area contributed by atoms with Crippen molar-refractivity contribution in [1.29, 1.82) is 0 Å². The first kappa shape index (κ1) is 21.1. The second kappa shape index (κ2) is 9.27. The van der Waals surface area contributed by atoms with Gasteiger partial charge in [-0.3, -0.25) is 4.79 Å². The van der Waals surface area contributed by atoms with Crippen LogP contribution < -0.4 is 5.32 Å². The first-order chi connectivity index (χ1) is 13.4. The molecule has 5 nitrogen and oxygen atoms in total. The zero-order valence-electron chi connectivity index (χ0n) is 15.3. The van der Waals surface area contributed by atoms with Crippen LogP contribution in [0.2, 0.25) is 10.0 Å². The van der Waals surface area contributed by atoms with E-state index in [1.165, 1.54) is 22.5 Å². The number of amides is 1. The molecular weight excluding hydrogens is 419 g/mol. The van der Waals surface area contributed by atoms with Crippen LogP contribution in [0.5, 0.6) is 0 Å². The van der Waals surface area contributed by atoms with Gasteiger partial charge in [0.2, 0.25) is 10.0 Å². The molecule has 8 heteroatoms. The lowest BCUT2D eigenvalue weighted by atomic mass is 10.2. The van der Waals surface area contributed by atoms with Crippen molar-refractivity contribution in [2.24, 2.45) is 0 Å². The van der Waals surface area contributed by atoms with Crippen molar-refractivity contribution in [1.82, 2.24) is 9.62 Å². The number of rotatable bonds is 5. The molecule has 2 aromatic carbocycles. The summed E-state index contributed by atoms with van der Waals surface area (Å²) in [5.74, 6) is -0.385. The van der Waals surface area contributed by atoms with Gasteiger partial charge in [-0.15, -0.1) is 0 Å². The average molecular weight is 441 g/mol. The lowest BCUT2D eigenvalue weighted by Crippen LogP contribution is -2.32. The molecule has 2 aromatic rings. The molecule has 1 N–H and O–H groups in total. The molecule has 0 bridgehead atoms. The molecule has 0 atom stereocenters. The second-order valence-electron chi connectivity index (χ2n) is 6.74.